The first-order valence-corrected chi connectivity index (χ1v) is 6.19. The van der Waals surface area contributed by atoms with Crippen LogP contribution < -0.4 is 5.73 Å². The topological polar surface area (TPSA) is 29.3 Å². The summed E-state index contributed by atoms with van der Waals surface area (Å²) in [4.78, 5) is 2.05. The Kier molecular flexibility index (Phi) is 6.48. The molecule has 0 aromatic rings. The van der Waals surface area contributed by atoms with Gasteiger partial charge in [-0.05, 0) is 39.8 Å². The van der Waals surface area contributed by atoms with E-state index >= 15 is 0 Å². The van der Waals surface area contributed by atoms with Crippen molar-refractivity contribution in [3.8, 4) is 0 Å². The van der Waals surface area contributed by atoms with Gasteiger partial charge in [0, 0.05) is 18.0 Å². The van der Waals surface area contributed by atoms with Crippen LogP contribution in [-0.4, -0.2) is 36.8 Å². The van der Waals surface area contributed by atoms with Crippen LogP contribution in [0.5, 0.6) is 0 Å². The van der Waals surface area contributed by atoms with Gasteiger partial charge in [0.2, 0.25) is 0 Å². The molecule has 5 heteroatoms. The van der Waals surface area contributed by atoms with E-state index in [1.807, 2.05) is 32.8 Å². The molecule has 2 N–H and O–H groups in total. The first-order valence-electron chi connectivity index (χ1n) is 6.19. The van der Waals surface area contributed by atoms with Gasteiger partial charge in [0.1, 0.15) is 0 Å². The summed E-state index contributed by atoms with van der Waals surface area (Å²) < 4.78 is 36.2. The normalized spacial score (nSPS) is 15.4. The third kappa shape index (κ3) is 4.84. The van der Waals surface area contributed by atoms with E-state index < -0.39 is 12.6 Å². The minimum atomic E-state index is -4.07. The first-order chi connectivity index (χ1) is 7.69. The fraction of sp³-hybridized carbons (Fsp3) is 1.00. The van der Waals surface area contributed by atoms with E-state index in [2.05, 4.69) is 0 Å². The summed E-state index contributed by atoms with van der Waals surface area (Å²) in [7, 11) is 3.88. The molecular weight excluding hydrogens is 229 g/mol. The SMILES string of the molecule is CCC(CC)(C(N)CCCC(F)(F)F)N(C)C. The largest absolute Gasteiger partial charge is 0.389 e. The molecule has 1 unspecified atom stereocenters. The molecule has 0 fully saturated rings. The van der Waals surface area contributed by atoms with Crippen LogP contribution in [0.1, 0.15) is 46.0 Å². The van der Waals surface area contributed by atoms with Crippen LogP contribution in [0.2, 0.25) is 0 Å². The third-order valence-electron chi connectivity index (χ3n) is 3.78. The summed E-state index contributed by atoms with van der Waals surface area (Å²) in [5.74, 6) is 0. The molecule has 0 aromatic carbocycles. The highest BCUT2D eigenvalue weighted by Gasteiger charge is 2.36. The second-order valence-electron chi connectivity index (χ2n) is 4.82. The van der Waals surface area contributed by atoms with Crippen LogP contribution >= 0.6 is 0 Å². The van der Waals surface area contributed by atoms with E-state index in [4.69, 9.17) is 5.73 Å². The second-order valence-corrected chi connectivity index (χ2v) is 4.82. The number of nitrogens with two attached hydrogens (primary N) is 1. The Morgan fingerprint density at radius 3 is 1.88 bits per heavy atom. The van der Waals surface area contributed by atoms with Crippen molar-refractivity contribution >= 4 is 0 Å². The van der Waals surface area contributed by atoms with Gasteiger partial charge < -0.3 is 10.6 Å². The van der Waals surface area contributed by atoms with Gasteiger partial charge in [-0.2, -0.15) is 13.2 Å². The van der Waals surface area contributed by atoms with Gasteiger partial charge in [-0.3, -0.25) is 0 Å². The van der Waals surface area contributed by atoms with E-state index in [-0.39, 0.29) is 18.0 Å². The van der Waals surface area contributed by atoms with Crippen molar-refractivity contribution in [1.29, 1.82) is 0 Å². The molecule has 0 aliphatic heterocycles. The molecule has 0 aliphatic rings. The van der Waals surface area contributed by atoms with Crippen LogP contribution in [0.25, 0.3) is 0 Å². The minimum absolute atomic E-state index is 0.111. The van der Waals surface area contributed by atoms with E-state index in [1.54, 1.807) is 0 Å². The number of hydrogen-bond donors (Lipinski definition) is 1. The Bertz CT molecular complexity index is 210. The van der Waals surface area contributed by atoms with Crippen molar-refractivity contribution in [2.24, 2.45) is 5.73 Å². The third-order valence-corrected chi connectivity index (χ3v) is 3.78. The minimum Gasteiger partial charge on any atom is -0.326 e. The van der Waals surface area contributed by atoms with Crippen molar-refractivity contribution in [1.82, 2.24) is 4.90 Å². The predicted molar refractivity (Wildman–Crippen MR) is 64.9 cm³/mol. The summed E-state index contributed by atoms with van der Waals surface area (Å²) in [6, 6.07) is -0.213. The molecule has 104 valence electrons. The van der Waals surface area contributed by atoms with Crippen LogP contribution in [0.15, 0.2) is 0 Å². The number of halogens is 3. The van der Waals surface area contributed by atoms with E-state index in [9.17, 15) is 13.2 Å². The fourth-order valence-electron chi connectivity index (χ4n) is 2.53. The Labute approximate surface area is 102 Å². The highest BCUT2D eigenvalue weighted by atomic mass is 19.4. The van der Waals surface area contributed by atoms with Crippen LogP contribution in [-0.2, 0) is 0 Å². The molecule has 0 aromatic heterocycles. The monoisotopic (exact) mass is 254 g/mol. The van der Waals surface area contributed by atoms with E-state index in [0.29, 0.717) is 6.42 Å². The summed E-state index contributed by atoms with van der Waals surface area (Å²) in [6.45, 7) is 4.07. The molecule has 2 nitrogen and oxygen atoms in total. The molecule has 0 saturated carbocycles. The molecular formula is C12H25F3N2. The maximum absolute atomic E-state index is 12.1. The van der Waals surface area contributed by atoms with E-state index in [0.717, 1.165) is 12.8 Å². The lowest BCUT2D eigenvalue weighted by Crippen LogP contribution is -2.56. The summed E-state index contributed by atoms with van der Waals surface area (Å²) in [6.07, 6.45) is -2.58. The lowest BCUT2D eigenvalue weighted by molar-refractivity contribution is -0.136. The first kappa shape index (κ1) is 16.7. The predicted octanol–water partition coefficient (Wildman–Crippen LogP) is 3.17. The molecule has 0 amide bonds. The molecule has 0 heterocycles. The number of nitrogens with zero attached hydrogens (tertiary/aromatic N) is 1. The molecule has 0 rings (SSSR count). The van der Waals surface area contributed by atoms with Crippen LogP contribution in [0.4, 0.5) is 13.2 Å². The molecule has 0 bridgehead atoms. The fourth-order valence-corrected chi connectivity index (χ4v) is 2.53. The molecule has 0 aliphatic carbocycles. The summed E-state index contributed by atoms with van der Waals surface area (Å²) in [5, 5.41) is 0. The lowest BCUT2D eigenvalue weighted by atomic mass is 9.81. The van der Waals surface area contributed by atoms with Gasteiger partial charge in [-0.15, -0.1) is 0 Å². The Balaban J connectivity index is 4.39. The van der Waals surface area contributed by atoms with Crippen molar-refractivity contribution in [2.75, 3.05) is 14.1 Å². The van der Waals surface area contributed by atoms with Gasteiger partial charge in [0.25, 0.3) is 0 Å². The number of alkyl halides is 3. The van der Waals surface area contributed by atoms with Gasteiger partial charge in [-0.25, -0.2) is 0 Å². The standard InChI is InChI=1S/C12H25F3N2/c1-5-11(6-2,17(3)4)10(16)8-7-9-12(13,14)15/h10H,5-9,16H2,1-4H3. The zero-order valence-corrected chi connectivity index (χ0v) is 11.3. The lowest BCUT2D eigenvalue weighted by Gasteiger charge is -2.43. The van der Waals surface area contributed by atoms with Gasteiger partial charge in [-0.1, -0.05) is 13.8 Å². The summed E-state index contributed by atoms with van der Waals surface area (Å²) >= 11 is 0. The quantitative estimate of drug-likeness (QED) is 0.756. The van der Waals surface area contributed by atoms with E-state index in [1.165, 1.54) is 0 Å². The smallest absolute Gasteiger partial charge is 0.326 e. The zero-order chi connectivity index (χ0) is 13.7. The van der Waals surface area contributed by atoms with Crippen molar-refractivity contribution in [3.63, 3.8) is 0 Å². The average Bonchev–Trinajstić information content (AvgIpc) is 2.17. The molecule has 0 radical (unpaired) electrons. The molecule has 17 heavy (non-hydrogen) atoms. The molecule has 0 saturated heterocycles. The highest BCUT2D eigenvalue weighted by Crippen LogP contribution is 2.29. The molecule has 1 atom stereocenters. The average molecular weight is 254 g/mol. The number of likely N-dealkylation sites (N-methyl/N-ethyl adjacent to an activating group) is 1. The van der Waals surface area contributed by atoms with Crippen LogP contribution in [0, 0.1) is 0 Å². The zero-order valence-electron chi connectivity index (χ0n) is 11.3. The van der Waals surface area contributed by atoms with Gasteiger partial charge in [0.15, 0.2) is 0 Å². The number of hydrogen-bond acceptors (Lipinski definition) is 2. The highest BCUT2D eigenvalue weighted by molar-refractivity contribution is 4.95. The van der Waals surface area contributed by atoms with Gasteiger partial charge >= 0.3 is 6.18 Å². The second kappa shape index (κ2) is 6.59. The maximum atomic E-state index is 12.1. The van der Waals surface area contributed by atoms with Gasteiger partial charge in [0.05, 0.1) is 0 Å². The maximum Gasteiger partial charge on any atom is 0.389 e. The number of rotatable bonds is 7. The summed E-state index contributed by atoms with van der Waals surface area (Å²) in [5.41, 5.74) is 5.91. The van der Waals surface area contributed by atoms with Crippen molar-refractivity contribution in [2.45, 2.75) is 63.7 Å². The Morgan fingerprint density at radius 1 is 1.12 bits per heavy atom. The molecule has 0 spiro atoms. The van der Waals surface area contributed by atoms with Crippen molar-refractivity contribution < 1.29 is 13.2 Å². The van der Waals surface area contributed by atoms with Crippen LogP contribution in [0.3, 0.4) is 0 Å². The Morgan fingerprint density at radius 2 is 1.59 bits per heavy atom. The Hall–Kier alpha value is -0.290. The van der Waals surface area contributed by atoms with Crippen molar-refractivity contribution in [3.05, 3.63) is 0 Å².